The lowest BCUT2D eigenvalue weighted by Crippen LogP contribution is -2.23. The largest absolute Gasteiger partial charge is 0.372 e. The molecule has 0 spiro atoms. The molecule has 0 atom stereocenters. The van der Waals surface area contributed by atoms with Crippen molar-refractivity contribution in [2.45, 2.75) is 25.7 Å². The topological polar surface area (TPSA) is 44.4 Å². The lowest BCUT2D eigenvalue weighted by molar-refractivity contribution is -0.116. The third-order valence-corrected chi connectivity index (χ3v) is 4.58. The third kappa shape index (κ3) is 5.61. The van der Waals surface area contributed by atoms with Crippen LogP contribution >= 0.6 is 0 Å². The minimum absolute atomic E-state index is 0.0566. The van der Waals surface area contributed by atoms with E-state index in [1.165, 1.54) is 24.1 Å². The van der Waals surface area contributed by atoms with E-state index >= 15 is 0 Å². The lowest BCUT2D eigenvalue weighted by atomic mass is 10.1. The highest BCUT2D eigenvalue weighted by atomic mass is 16.1. The summed E-state index contributed by atoms with van der Waals surface area (Å²) in [5.74, 6) is 0.0566. The highest BCUT2D eigenvalue weighted by Crippen LogP contribution is 2.22. The Labute approximate surface area is 150 Å². The smallest absolute Gasteiger partial charge is 0.225 e. The van der Waals surface area contributed by atoms with Crippen molar-refractivity contribution in [3.8, 4) is 0 Å². The molecule has 2 aromatic carbocycles. The quantitative estimate of drug-likeness (QED) is 0.725. The summed E-state index contributed by atoms with van der Waals surface area (Å²) in [6.45, 7) is 3.87. The van der Waals surface area contributed by atoms with Crippen LogP contribution in [0.25, 0.3) is 0 Å². The summed E-state index contributed by atoms with van der Waals surface area (Å²) in [7, 11) is 0. The number of carbonyl (C=O) groups excluding carboxylic acids is 1. The van der Waals surface area contributed by atoms with Crippen LogP contribution in [0.5, 0.6) is 0 Å². The Bertz CT molecular complexity index is 649. The second-order valence-corrected chi connectivity index (χ2v) is 6.52. The summed E-state index contributed by atoms with van der Waals surface area (Å²) >= 11 is 0. The molecule has 0 aromatic heterocycles. The van der Waals surface area contributed by atoms with Gasteiger partial charge in [-0.3, -0.25) is 4.79 Å². The van der Waals surface area contributed by atoms with Gasteiger partial charge in [-0.1, -0.05) is 30.3 Å². The van der Waals surface area contributed by atoms with E-state index in [0.29, 0.717) is 13.0 Å². The van der Waals surface area contributed by atoms with Crippen LogP contribution in [0.4, 0.5) is 11.4 Å². The van der Waals surface area contributed by atoms with Crippen LogP contribution in [0.3, 0.4) is 0 Å². The molecule has 1 aliphatic rings. The van der Waals surface area contributed by atoms with Crippen LogP contribution in [-0.2, 0) is 11.2 Å². The predicted octanol–water partition coefficient (Wildman–Crippen LogP) is 3.45. The summed E-state index contributed by atoms with van der Waals surface area (Å²) in [5.41, 5.74) is 3.44. The minimum Gasteiger partial charge on any atom is -0.372 e. The first-order valence-electron chi connectivity index (χ1n) is 9.21. The molecule has 0 bridgehead atoms. The molecule has 25 heavy (non-hydrogen) atoms. The first-order valence-corrected chi connectivity index (χ1v) is 9.21. The van der Waals surface area contributed by atoms with Crippen molar-refractivity contribution in [2.24, 2.45) is 0 Å². The van der Waals surface area contributed by atoms with Crippen LogP contribution in [-0.4, -0.2) is 32.1 Å². The Balaban J connectivity index is 1.33. The maximum Gasteiger partial charge on any atom is 0.225 e. The van der Waals surface area contributed by atoms with Crippen molar-refractivity contribution < 1.29 is 4.79 Å². The van der Waals surface area contributed by atoms with Crippen LogP contribution in [0, 0.1) is 0 Å². The maximum absolute atomic E-state index is 12.0. The fraction of sp³-hybridized carbons (Fsp3) is 0.381. The van der Waals surface area contributed by atoms with E-state index in [-0.39, 0.29) is 5.91 Å². The van der Waals surface area contributed by atoms with Gasteiger partial charge in [0.25, 0.3) is 0 Å². The van der Waals surface area contributed by atoms with E-state index in [4.69, 9.17) is 0 Å². The van der Waals surface area contributed by atoms with Crippen LogP contribution in [0.1, 0.15) is 24.8 Å². The Morgan fingerprint density at radius 2 is 1.64 bits per heavy atom. The highest BCUT2D eigenvalue weighted by molar-refractivity contribution is 5.91. The Morgan fingerprint density at radius 1 is 0.920 bits per heavy atom. The van der Waals surface area contributed by atoms with Crippen LogP contribution in [0.15, 0.2) is 54.6 Å². The number of carbonyl (C=O) groups is 1. The van der Waals surface area contributed by atoms with Crippen molar-refractivity contribution in [1.82, 2.24) is 5.32 Å². The number of hydrogen-bond acceptors (Lipinski definition) is 3. The van der Waals surface area contributed by atoms with Gasteiger partial charge in [-0.05, 0) is 55.6 Å². The Kier molecular flexibility index (Phi) is 6.46. The molecule has 1 saturated heterocycles. The standard InChI is InChI=1S/C21H27N3O/c25-21(13-15-22-14-12-18-6-2-1-3-7-18)23-19-8-10-20(11-9-19)24-16-4-5-17-24/h1-3,6-11,22H,4-5,12-17H2,(H,23,25). The Morgan fingerprint density at radius 3 is 2.36 bits per heavy atom. The van der Waals surface area contributed by atoms with Crippen LogP contribution in [0.2, 0.25) is 0 Å². The van der Waals surface area contributed by atoms with Gasteiger partial charge in [0.05, 0.1) is 0 Å². The van der Waals surface area contributed by atoms with Gasteiger partial charge in [0.1, 0.15) is 0 Å². The molecule has 1 heterocycles. The first-order chi connectivity index (χ1) is 12.3. The number of amides is 1. The molecule has 4 heteroatoms. The number of hydrogen-bond donors (Lipinski definition) is 2. The van der Waals surface area contributed by atoms with Gasteiger partial charge in [0.15, 0.2) is 0 Å². The lowest BCUT2D eigenvalue weighted by Gasteiger charge is -2.17. The molecule has 0 saturated carbocycles. The average Bonchev–Trinajstić information content (AvgIpc) is 3.18. The molecular weight excluding hydrogens is 310 g/mol. The molecule has 1 amide bonds. The summed E-state index contributed by atoms with van der Waals surface area (Å²) in [6, 6.07) is 18.6. The van der Waals surface area contributed by atoms with Gasteiger partial charge < -0.3 is 15.5 Å². The SMILES string of the molecule is O=C(CCNCCc1ccccc1)Nc1ccc(N2CCCC2)cc1. The maximum atomic E-state index is 12.0. The highest BCUT2D eigenvalue weighted by Gasteiger charge is 2.12. The number of nitrogens with one attached hydrogen (secondary N) is 2. The van der Waals surface area contributed by atoms with E-state index in [1.54, 1.807) is 0 Å². The van der Waals surface area contributed by atoms with E-state index < -0.39 is 0 Å². The number of rotatable bonds is 8. The third-order valence-electron chi connectivity index (χ3n) is 4.58. The molecule has 2 N–H and O–H groups in total. The van der Waals surface area contributed by atoms with Crippen molar-refractivity contribution in [3.05, 3.63) is 60.2 Å². The summed E-state index contributed by atoms with van der Waals surface area (Å²) in [6.07, 6.45) is 4.02. The molecular formula is C21H27N3O. The van der Waals surface area contributed by atoms with Crippen LogP contribution < -0.4 is 15.5 Å². The average molecular weight is 337 g/mol. The summed E-state index contributed by atoms with van der Waals surface area (Å²) in [5, 5.41) is 6.30. The fourth-order valence-corrected chi connectivity index (χ4v) is 3.16. The molecule has 132 valence electrons. The van der Waals surface area contributed by atoms with Gasteiger partial charge in [-0.2, -0.15) is 0 Å². The number of nitrogens with zero attached hydrogens (tertiary/aromatic N) is 1. The summed E-state index contributed by atoms with van der Waals surface area (Å²) in [4.78, 5) is 14.4. The van der Waals surface area contributed by atoms with E-state index in [9.17, 15) is 4.79 Å². The van der Waals surface area contributed by atoms with E-state index in [2.05, 4.69) is 51.9 Å². The Hall–Kier alpha value is -2.33. The molecule has 0 aliphatic carbocycles. The molecule has 1 fully saturated rings. The zero-order valence-electron chi connectivity index (χ0n) is 14.7. The van der Waals surface area contributed by atoms with Crippen molar-refractivity contribution in [1.29, 1.82) is 0 Å². The number of anilines is 2. The van der Waals surface area contributed by atoms with E-state index in [1.807, 2.05) is 18.2 Å². The molecule has 3 rings (SSSR count). The summed E-state index contributed by atoms with van der Waals surface area (Å²) < 4.78 is 0. The molecule has 2 aromatic rings. The van der Waals surface area contributed by atoms with Crippen molar-refractivity contribution in [3.63, 3.8) is 0 Å². The number of benzene rings is 2. The molecule has 0 unspecified atom stereocenters. The van der Waals surface area contributed by atoms with Gasteiger partial charge in [0, 0.05) is 37.4 Å². The van der Waals surface area contributed by atoms with Gasteiger partial charge in [-0.25, -0.2) is 0 Å². The zero-order valence-corrected chi connectivity index (χ0v) is 14.7. The predicted molar refractivity (Wildman–Crippen MR) is 104 cm³/mol. The van der Waals surface area contributed by atoms with Gasteiger partial charge in [0.2, 0.25) is 5.91 Å². The minimum atomic E-state index is 0.0566. The van der Waals surface area contributed by atoms with Crippen molar-refractivity contribution in [2.75, 3.05) is 36.4 Å². The first kappa shape index (κ1) is 17.5. The zero-order chi connectivity index (χ0) is 17.3. The molecule has 1 aliphatic heterocycles. The normalized spacial score (nSPS) is 13.8. The van der Waals surface area contributed by atoms with Gasteiger partial charge >= 0.3 is 0 Å². The van der Waals surface area contributed by atoms with E-state index in [0.717, 1.165) is 31.7 Å². The second-order valence-electron chi connectivity index (χ2n) is 6.52. The van der Waals surface area contributed by atoms with Gasteiger partial charge in [-0.15, -0.1) is 0 Å². The molecule has 4 nitrogen and oxygen atoms in total. The van der Waals surface area contributed by atoms with Crippen molar-refractivity contribution >= 4 is 17.3 Å². The molecule has 0 radical (unpaired) electrons. The fourth-order valence-electron chi connectivity index (χ4n) is 3.16. The monoisotopic (exact) mass is 337 g/mol. The second kappa shape index (κ2) is 9.23.